The molecule has 0 aliphatic rings. The Morgan fingerprint density at radius 1 is 0.500 bits per heavy atom. The normalized spacial score (nSPS) is 11.7. The van der Waals surface area contributed by atoms with Crippen molar-refractivity contribution in [1.29, 1.82) is 0 Å². The quantitative estimate of drug-likeness (QED) is 0.102. The predicted molar refractivity (Wildman–Crippen MR) is 150 cm³/mol. The maximum absolute atomic E-state index is 13.9. The first kappa shape index (κ1) is 31.4. The van der Waals surface area contributed by atoms with Crippen molar-refractivity contribution in [2.45, 2.75) is 45.4 Å². The second-order valence-electron chi connectivity index (χ2n) is 7.08. The van der Waals surface area contributed by atoms with Gasteiger partial charge < -0.3 is 9.05 Å². The van der Waals surface area contributed by atoms with Gasteiger partial charge in [-0.2, -0.15) is 0 Å². The lowest BCUT2D eigenvalue weighted by Gasteiger charge is -2.24. The SMILES string of the molecule is CCCCCCCCP(=O)(Oc1c(Cl)c(Cl)c(Cl)c(Cl)c1Cl)Oc1c(Cl)c(Cl)c(Cl)c(Cl)c1Cl. The summed E-state index contributed by atoms with van der Waals surface area (Å²) in [4.78, 5) is 0. The van der Waals surface area contributed by atoms with Crippen LogP contribution in [0.1, 0.15) is 45.4 Å². The molecule has 0 bridgehead atoms. The lowest BCUT2D eigenvalue weighted by Crippen LogP contribution is -2.07. The second kappa shape index (κ2) is 13.8. The fourth-order valence-corrected chi connectivity index (χ4v) is 7.17. The van der Waals surface area contributed by atoms with Crippen LogP contribution in [0.4, 0.5) is 0 Å². The second-order valence-corrected chi connectivity index (χ2v) is 12.9. The third-order valence-corrected chi connectivity index (χ3v) is 10.9. The largest absolute Gasteiger partial charge is 0.430 e. The minimum atomic E-state index is -4.09. The van der Waals surface area contributed by atoms with E-state index in [-0.39, 0.29) is 67.9 Å². The molecule has 0 heterocycles. The summed E-state index contributed by atoms with van der Waals surface area (Å²) in [6.45, 7) is 2.11. The summed E-state index contributed by atoms with van der Waals surface area (Å²) in [6.07, 6.45) is 5.38. The number of hydrogen-bond acceptors (Lipinski definition) is 3. The zero-order valence-corrected chi connectivity index (χ0v) is 25.9. The van der Waals surface area contributed by atoms with Crippen LogP contribution in [0.25, 0.3) is 0 Å². The first-order valence-corrected chi connectivity index (χ1v) is 15.4. The molecule has 2 aromatic carbocycles. The molecule has 2 aromatic rings. The Kier molecular flexibility index (Phi) is 12.8. The first-order chi connectivity index (χ1) is 15.9. The molecule has 0 radical (unpaired) electrons. The minimum absolute atomic E-state index is 0.0475. The fourth-order valence-electron chi connectivity index (χ4n) is 2.80. The van der Waals surface area contributed by atoms with Crippen molar-refractivity contribution >= 4 is 124 Å². The van der Waals surface area contributed by atoms with Gasteiger partial charge in [0.25, 0.3) is 0 Å². The van der Waals surface area contributed by atoms with Crippen LogP contribution in [0.5, 0.6) is 11.5 Å². The van der Waals surface area contributed by atoms with Crippen LogP contribution in [-0.2, 0) is 4.57 Å². The summed E-state index contributed by atoms with van der Waals surface area (Å²) < 4.78 is 25.4. The van der Waals surface area contributed by atoms with Crippen LogP contribution in [0.15, 0.2) is 0 Å². The van der Waals surface area contributed by atoms with E-state index in [9.17, 15) is 4.57 Å². The Bertz CT molecular complexity index is 975. The molecular formula is C20H17Cl10O3P. The standard InChI is InChI=1S/C20H17Cl10O3P/c1-2-3-4-5-6-7-8-34(31,32-19-15(27)11(23)9(21)12(24)16(19)28)33-20-17(29)13(25)10(22)14(26)18(20)30/h2-8H2,1H3. The van der Waals surface area contributed by atoms with Crippen molar-refractivity contribution in [1.82, 2.24) is 0 Å². The van der Waals surface area contributed by atoms with E-state index in [1.54, 1.807) is 0 Å². The Balaban J connectivity index is 2.48. The van der Waals surface area contributed by atoms with E-state index in [2.05, 4.69) is 6.92 Å². The van der Waals surface area contributed by atoms with Crippen LogP contribution in [0.3, 0.4) is 0 Å². The molecule has 0 spiro atoms. The van der Waals surface area contributed by atoms with Gasteiger partial charge in [0.2, 0.25) is 0 Å². The highest BCUT2D eigenvalue weighted by molar-refractivity contribution is 7.54. The van der Waals surface area contributed by atoms with Crippen molar-refractivity contribution < 1.29 is 13.6 Å². The molecule has 0 aliphatic carbocycles. The van der Waals surface area contributed by atoms with E-state index < -0.39 is 7.60 Å². The molecule has 0 fully saturated rings. The van der Waals surface area contributed by atoms with Gasteiger partial charge in [0.05, 0.1) is 36.3 Å². The fraction of sp³-hybridized carbons (Fsp3) is 0.400. The Morgan fingerprint density at radius 3 is 1.15 bits per heavy atom. The molecule has 14 heteroatoms. The molecule has 3 nitrogen and oxygen atoms in total. The Labute approximate surface area is 248 Å². The van der Waals surface area contributed by atoms with Crippen LogP contribution in [-0.4, -0.2) is 6.16 Å². The molecule has 0 atom stereocenters. The van der Waals surface area contributed by atoms with Crippen LogP contribution in [0, 0.1) is 0 Å². The summed E-state index contributed by atoms with van der Waals surface area (Å²) in [6, 6.07) is 0. The summed E-state index contributed by atoms with van der Waals surface area (Å²) in [5.74, 6) is -0.536. The third-order valence-electron chi connectivity index (χ3n) is 4.59. The highest BCUT2D eigenvalue weighted by atomic mass is 35.5. The summed E-state index contributed by atoms with van der Waals surface area (Å²) in [7, 11) is -4.09. The van der Waals surface area contributed by atoms with Crippen LogP contribution in [0.2, 0.25) is 50.2 Å². The number of unbranched alkanes of at least 4 members (excludes halogenated alkanes) is 5. The molecule has 0 unspecified atom stereocenters. The third kappa shape index (κ3) is 7.39. The highest BCUT2D eigenvalue weighted by Gasteiger charge is 2.35. The first-order valence-electron chi connectivity index (χ1n) is 9.87. The van der Waals surface area contributed by atoms with Gasteiger partial charge in [-0.15, -0.1) is 0 Å². The average molecular weight is 691 g/mol. The van der Waals surface area contributed by atoms with Gasteiger partial charge in [-0.1, -0.05) is 155 Å². The van der Waals surface area contributed by atoms with E-state index in [1.807, 2.05) is 0 Å². The van der Waals surface area contributed by atoms with Gasteiger partial charge in [0, 0.05) is 0 Å². The van der Waals surface area contributed by atoms with Gasteiger partial charge in [-0.3, -0.25) is 0 Å². The Morgan fingerprint density at radius 2 is 0.794 bits per heavy atom. The molecule has 0 aromatic heterocycles. The smallest absolute Gasteiger partial charge is 0.413 e. The van der Waals surface area contributed by atoms with Gasteiger partial charge in [-0.05, 0) is 6.42 Å². The molecule has 34 heavy (non-hydrogen) atoms. The molecule has 0 N–H and O–H groups in total. The topological polar surface area (TPSA) is 35.5 Å². The Hall–Kier alpha value is 1.17. The van der Waals surface area contributed by atoms with Crippen molar-refractivity contribution in [3.63, 3.8) is 0 Å². The molecule has 190 valence electrons. The van der Waals surface area contributed by atoms with E-state index in [0.29, 0.717) is 6.42 Å². The zero-order valence-electron chi connectivity index (χ0n) is 17.4. The van der Waals surface area contributed by atoms with Gasteiger partial charge in [-0.25, -0.2) is 4.57 Å². The molecule has 0 amide bonds. The number of rotatable bonds is 11. The summed E-state index contributed by atoms with van der Waals surface area (Å²) in [5, 5.41) is -1.48. The van der Waals surface area contributed by atoms with E-state index in [1.165, 1.54) is 0 Å². The van der Waals surface area contributed by atoms with E-state index in [4.69, 9.17) is 125 Å². The average Bonchev–Trinajstić information content (AvgIpc) is 2.82. The van der Waals surface area contributed by atoms with Gasteiger partial charge in [0.1, 0.15) is 20.1 Å². The van der Waals surface area contributed by atoms with Crippen LogP contribution >= 0.6 is 124 Å². The lowest BCUT2D eigenvalue weighted by molar-refractivity contribution is 0.383. The number of benzene rings is 2. The summed E-state index contributed by atoms with van der Waals surface area (Å²) >= 11 is 61.6. The van der Waals surface area contributed by atoms with Gasteiger partial charge in [0.15, 0.2) is 11.5 Å². The number of hydrogen-bond donors (Lipinski definition) is 0. The number of halogens is 10. The molecular weight excluding hydrogens is 674 g/mol. The molecule has 0 saturated heterocycles. The monoisotopic (exact) mass is 686 g/mol. The van der Waals surface area contributed by atoms with Crippen molar-refractivity contribution in [3.8, 4) is 11.5 Å². The lowest BCUT2D eigenvalue weighted by atomic mass is 10.1. The predicted octanol–water partition coefficient (Wildman–Crippen LogP) is 13.2. The maximum Gasteiger partial charge on any atom is 0.430 e. The van der Waals surface area contributed by atoms with E-state index in [0.717, 1.165) is 32.1 Å². The molecule has 0 aliphatic heterocycles. The van der Waals surface area contributed by atoms with Crippen molar-refractivity contribution in [2.75, 3.05) is 6.16 Å². The minimum Gasteiger partial charge on any atom is -0.413 e. The van der Waals surface area contributed by atoms with Gasteiger partial charge >= 0.3 is 7.60 Å². The van der Waals surface area contributed by atoms with Crippen LogP contribution < -0.4 is 9.05 Å². The maximum atomic E-state index is 13.9. The highest BCUT2D eigenvalue weighted by Crippen LogP contribution is 2.59. The van der Waals surface area contributed by atoms with E-state index >= 15 is 0 Å². The summed E-state index contributed by atoms with van der Waals surface area (Å²) in [5.41, 5.74) is 0. The molecule has 2 rings (SSSR count). The van der Waals surface area contributed by atoms with Crippen molar-refractivity contribution in [2.24, 2.45) is 0 Å². The zero-order chi connectivity index (χ0) is 25.8. The molecule has 0 saturated carbocycles. The van der Waals surface area contributed by atoms with Crippen molar-refractivity contribution in [3.05, 3.63) is 50.2 Å².